The first kappa shape index (κ1) is 15.2. The van der Waals surface area contributed by atoms with Crippen molar-refractivity contribution in [2.45, 2.75) is 23.3 Å². The van der Waals surface area contributed by atoms with Gasteiger partial charge in [0.15, 0.2) is 0 Å². The molecule has 1 fully saturated rings. The third-order valence-corrected chi connectivity index (χ3v) is 4.91. The van der Waals surface area contributed by atoms with Crippen molar-refractivity contribution in [2.24, 2.45) is 0 Å². The van der Waals surface area contributed by atoms with E-state index in [0.717, 1.165) is 5.69 Å². The van der Waals surface area contributed by atoms with Gasteiger partial charge in [0.1, 0.15) is 0 Å². The third-order valence-electron chi connectivity index (χ3n) is 3.48. The van der Waals surface area contributed by atoms with E-state index in [0.29, 0.717) is 32.6 Å². The van der Waals surface area contributed by atoms with Crippen LogP contribution in [0, 0.1) is 0 Å². The largest absolute Gasteiger partial charge is 0.388 e. The van der Waals surface area contributed by atoms with Crippen LogP contribution in [0.25, 0.3) is 0 Å². The average Bonchev–Trinajstić information content (AvgIpc) is 2.46. The highest BCUT2D eigenvalue weighted by atomic mass is 32.2. The SMILES string of the molecule is CNS(=O)(=O)c1ccc(NCC2(O)CCOCC2)cc1. The van der Waals surface area contributed by atoms with Gasteiger partial charge in [0.05, 0.1) is 10.5 Å². The first-order chi connectivity index (χ1) is 9.45. The summed E-state index contributed by atoms with van der Waals surface area (Å²) in [7, 11) is -2.03. The van der Waals surface area contributed by atoms with Gasteiger partial charge >= 0.3 is 0 Å². The summed E-state index contributed by atoms with van der Waals surface area (Å²) >= 11 is 0. The summed E-state index contributed by atoms with van der Waals surface area (Å²) in [5, 5.41) is 13.4. The minimum absolute atomic E-state index is 0.218. The van der Waals surface area contributed by atoms with Crippen molar-refractivity contribution in [3.05, 3.63) is 24.3 Å². The molecular formula is C13H20N2O4S. The average molecular weight is 300 g/mol. The molecule has 112 valence electrons. The predicted octanol–water partition coefficient (Wildman–Crippen LogP) is 0.548. The van der Waals surface area contributed by atoms with Gasteiger partial charge in [-0.1, -0.05) is 0 Å². The molecule has 0 unspecified atom stereocenters. The molecule has 7 heteroatoms. The lowest BCUT2D eigenvalue weighted by Gasteiger charge is -2.32. The highest BCUT2D eigenvalue weighted by Gasteiger charge is 2.29. The van der Waals surface area contributed by atoms with Crippen LogP contribution in [0.4, 0.5) is 5.69 Å². The Morgan fingerprint density at radius 2 is 1.85 bits per heavy atom. The molecule has 0 bridgehead atoms. The van der Waals surface area contributed by atoms with E-state index < -0.39 is 15.6 Å². The Morgan fingerprint density at radius 3 is 2.40 bits per heavy atom. The number of benzene rings is 1. The highest BCUT2D eigenvalue weighted by Crippen LogP contribution is 2.21. The number of sulfonamides is 1. The van der Waals surface area contributed by atoms with E-state index in [1.807, 2.05) is 0 Å². The molecule has 0 amide bonds. The Bertz CT molecular complexity index is 536. The van der Waals surface area contributed by atoms with Gasteiger partial charge < -0.3 is 15.2 Å². The second-order valence-electron chi connectivity index (χ2n) is 4.92. The topological polar surface area (TPSA) is 87.7 Å². The number of hydrogen-bond acceptors (Lipinski definition) is 5. The number of anilines is 1. The number of aliphatic hydroxyl groups is 1. The molecule has 1 aliphatic rings. The van der Waals surface area contributed by atoms with Gasteiger partial charge in [-0.3, -0.25) is 0 Å². The molecule has 1 aliphatic heterocycles. The normalized spacial score (nSPS) is 18.7. The van der Waals surface area contributed by atoms with E-state index in [2.05, 4.69) is 10.0 Å². The molecule has 0 saturated carbocycles. The van der Waals surface area contributed by atoms with Crippen molar-refractivity contribution in [3.8, 4) is 0 Å². The van der Waals surface area contributed by atoms with Crippen molar-refractivity contribution in [1.29, 1.82) is 0 Å². The standard InChI is InChI=1S/C13H20N2O4S/c1-14-20(17,18)12-4-2-11(3-5-12)15-10-13(16)6-8-19-9-7-13/h2-5,14-16H,6-10H2,1H3. The number of rotatable bonds is 5. The highest BCUT2D eigenvalue weighted by molar-refractivity contribution is 7.89. The first-order valence-electron chi connectivity index (χ1n) is 6.53. The Labute approximate surface area is 119 Å². The van der Waals surface area contributed by atoms with E-state index in [4.69, 9.17) is 4.74 Å². The summed E-state index contributed by atoms with van der Waals surface area (Å²) in [6, 6.07) is 6.43. The molecule has 0 aromatic heterocycles. The predicted molar refractivity (Wildman–Crippen MR) is 76.2 cm³/mol. The van der Waals surface area contributed by atoms with Crippen LogP contribution in [0.5, 0.6) is 0 Å². The van der Waals surface area contributed by atoms with E-state index in [9.17, 15) is 13.5 Å². The Morgan fingerprint density at radius 1 is 1.25 bits per heavy atom. The van der Waals surface area contributed by atoms with Crippen molar-refractivity contribution < 1.29 is 18.3 Å². The van der Waals surface area contributed by atoms with Gasteiger partial charge in [0.2, 0.25) is 10.0 Å². The molecule has 1 saturated heterocycles. The summed E-state index contributed by atoms with van der Waals surface area (Å²) in [5.74, 6) is 0. The number of hydrogen-bond donors (Lipinski definition) is 3. The minimum atomic E-state index is -3.41. The fourth-order valence-corrected chi connectivity index (χ4v) is 2.79. The Kier molecular flexibility index (Phi) is 4.64. The lowest BCUT2D eigenvalue weighted by molar-refractivity contribution is -0.0543. The lowest BCUT2D eigenvalue weighted by atomic mass is 9.94. The van der Waals surface area contributed by atoms with Crippen molar-refractivity contribution in [1.82, 2.24) is 4.72 Å². The zero-order chi connectivity index (χ0) is 14.6. The fourth-order valence-electron chi connectivity index (χ4n) is 2.06. The minimum Gasteiger partial charge on any atom is -0.388 e. The zero-order valence-corrected chi connectivity index (χ0v) is 12.2. The summed E-state index contributed by atoms with van der Waals surface area (Å²) in [6.07, 6.45) is 1.21. The van der Waals surface area contributed by atoms with Crippen LogP contribution < -0.4 is 10.0 Å². The van der Waals surface area contributed by atoms with E-state index in [-0.39, 0.29) is 4.90 Å². The molecule has 1 aromatic carbocycles. The van der Waals surface area contributed by atoms with Crippen LogP contribution in [-0.2, 0) is 14.8 Å². The number of nitrogens with one attached hydrogen (secondary N) is 2. The van der Waals surface area contributed by atoms with Crippen LogP contribution in [0.3, 0.4) is 0 Å². The molecule has 3 N–H and O–H groups in total. The van der Waals surface area contributed by atoms with Gasteiger partial charge in [-0.05, 0) is 31.3 Å². The molecule has 0 atom stereocenters. The van der Waals surface area contributed by atoms with Crippen molar-refractivity contribution in [2.75, 3.05) is 32.1 Å². The maximum atomic E-state index is 11.6. The maximum Gasteiger partial charge on any atom is 0.240 e. The smallest absolute Gasteiger partial charge is 0.240 e. The van der Waals surface area contributed by atoms with Crippen LogP contribution in [0.1, 0.15) is 12.8 Å². The monoisotopic (exact) mass is 300 g/mol. The van der Waals surface area contributed by atoms with Gasteiger partial charge in [-0.25, -0.2) is 13.1 Å². The van der Waals surface area contributed by atoms with E-state index in [1.165, 1.54) is 19.2 Å². The van der Waals surface area contributed by atoms with Gasteiger partial charge in [0, 0.05) is 38.3 Å². The molecule has 2 rings (SSSR count). The van der Waals surface area contributed by atoms with Crippen molar-refractivity contribution >= 4 is 15.7 Å². The molecule has 6 nitrogen and oxygen atoms in total. The van der Waals surface area contributed by atoms with Crippen LogP contribution in [0.15, 0.2) is 29.2 Å². The van der Waals surface area contributed by atoms with E-state index in [1.54, 1.807) is 12.1 Å². The second-order valence-corrected chi connectivity index (χ2v) is 6.81. The van der Waals surface area contributed by atoms with Crippen LogP contribution >= 0.6 is 0 Å². The van der Waals surface area contributed by atoms with E-state index >= 15 is 0 Å². The van der Waals surface area contributed by atoms with Gasteiger partial charge in [0.25, 0.3) is 0 Å². The number of ether oxygens (including phenoxy) is 1. The third kappa shape index (κ3) is 3.69. The Balaban J connectivity index is 1.97. The Hall–Kier alpha value is -1.15. The first-order valence-corrected chi connectivity index (χ1v) is 8.01. The zero-order valence-electron chi connectivity index (χ0n) is 11.4. The van der Waals surface area contributed by atoms with Crippen LogP contribution in [-0.4, -0.2) is 45.9 Å². The van der Waals surface area contributed by atoms with Crippen molar-refractivity contribution in [3.63, 3.8) is 0 Å². The summed E-state index contributed by atoms with van der Waals surface area (Å²) in [6.45, 7) is 1.56. The maximum absolute atomic E-state index is 11.6. The molecular weight excluding hydrogens is 280 g/mol. The molecule has 0 spiro atoms. The molecule has 1 heterocycles. The second kappa shape index (κ2) is 6.09. The summed E-state index contributed by atoms with van der Waals surface area (Å²) < 4.78 is 30.7. The summed E-state index contributed by atoms with van der Waals surface area (Å²) in [5.41, 5.74) is 0.0218. The molecule has 0 aliphatic carbocycles. The van der Waals surface area contributed by atoms with Gasteiger partial charge in [-0.15, -0.1) is 0 Å². The summed E-state index contributed by atoms with van der Waals surface area (Å²) in [4.78, 5) is 0.218. The molecule has 20 heavy (non-hydrogen) atoms. The lowest BCUT2D eigenvalue weighted by Crippen LogP contribution is -2.42. The molecule has 0 radical (unpaired) electrons. The van der Waals surface area contributed by atoms with Crippen LogP contribution in [0.2, 0.25) is 0 Å². The fraction of sp³-hybridized carbons (Fsp3) is 0.538. The quantitative estimate of drug-likeness (QED) is 0.739. The van der Waals surface area contributed by atoms with Gasteiger partial charge in [-0.2, -0.15) is 0 Å². The molecule has 1 aromatic rings.